The second-order valence-corrected chi connectivity index (χ2v) is 9.29. The van der Waals surface area contributed by atoms with Crippen LogP contribution >= 0.6 is 0 Å². The van der Waals surface area contributed by atoms with Crippen LogP contribution in [0.3, 0.4) is 0 Å². The number of rotatable bonds is 11. The Hall–Kier alpha value is -2.04. The lowest BCUT2D eigenvalue weighted by molar-refractivity contribution is -0.0172. The maximum absolute atomic E-state index is 13.6. The Bertz CT molecular complexity index is 879. The van der Waals surface area contributed by atoms with Crippen molar-refractivity contribution >= 4 is 5.88 Å². The third-order valence-corrected chi connectivity index (χ3v) is 6.14. The normalized spacial score (nSPS) is 19.9. The van der Waals surface area contributed by atoms with Gasteiger partial charge in [-0.2, -0.15) is 0 Å². The van der Waals surface area contributed by atoms with Crippen LogP contribution in [0.5, 0.6) is 0 Å². The number of ether oxygens (including phenoxy) is 3. The molecule has 0 aliphatic carbocycles. The third-order valence-electron chi connectivity index (χ3n) is 6.14. The van der Waals surface area contributed by atoms with Gasteiger partial charge in [0.25, 0.3) is 0 Å². The smallest absolute Gasteiger partial charge is 0.232 e. The maximum Gasteiger partial charge on any atom is 0.232 e. The minimum absolute atomic E-state index is 0.0531. The fraction of sp³-hybridized carbons (Fsp3) is 0.640. The van der Waals surface area contributed by atoms with E-state index < -0.39 is 6.10 Å². The topological polar surface area (TPSA) is 80.4 Å². The van der Waals surface area contributed by atoms with Crippen LogP contribution in [0.1, 0.15) is 32.3 Å². The zero-order chi connectivity index (χ0) is 23.9. The number of nitrogens with zero attached hydrogens (tertiary/aromatic N) is 3. The predicted octanol–water partition coefficient (Wildman–Crippen LogP) is 3.08. The number of aliphatic hydroxyl groups excluding tert-OH is 1. The average molecular weight is 478 g/mol. The second kappa shape index (κ2) is 12.1. The lowest BCUT2D eigenvalue weighted by atomic mass is 10.1. The van der Waals surface area contributed by atoms with Crippen LogP contribution in [0.2, 0.25) is 0 Å². The highest BCUT2D eigenvalue weighted by atomic mass is 19.1. The van der Waals surface area contributed by atoms with Crippen molar-refractivity contribution in [3.05, 3.63) is 35.6 Å². The number of hydrogen-bond donors (Lipinski definition) is 1. The van der Waals surface area contributed by atoms with Gasteiger partial charge in [-0.3, -0.25) is 4.90 Å². The zero-order valence-electron chi connectivity index (χ0n) is 20.1. The molecule has 0 amide bonds. The summed E-state index contributed by atoms with van der Waals surface area (Å²) in [7, 11) is 0. The Morgan fingerprint density at radius 3 is 2.65 bits per heavy atom. The first-order valence-corrected chi connectivity index (χ1v) is 12.2. The van der Waals surface area contributed by atoms with Gasteiger partial charge >= 0.3 is 0 Å². The molecule has 188 valence electrons. The maximum atomic E-state index is 13.6. The SMILES string of the molecule is CC(C)OC[C@H](O)CN(Cc1c(-c2ccc(F)cc2)noc1N1CCOCC1)C[C@H]1CCCO1. The van der Waals surface area contributed by atoms with Crippen molar-refractivity contribution in [2.45, 2.75) is 51.5 Å². The second-order valence-electron chi connectivity index (χ2n) is 9.29. The van der Waals surface area contributed by atoms with Crippen molar-refractivity contribution in [3.63, 3.8) is 0 Å². The van der Waals surface area contributed by atoms with E-state index in [0.717, 1.165) is 30.6 Å². The molecular weight excluding hydrogens is 441 g/mol. The Morgan fingerprint density at radius 2 is 1.97 bits per heavy atom. The Kier molecular flexibility index (Phi) is 8.91. The summed E-state index contributed by atoms with van der Waals surface area (Å²) >= 11 is 0. The fourth-order valence-electron chi connectivity index (χ4n) is 4.45. The first kappa shape index (κ1) is 25.1. The van der Waals surface area contributed by atoms with Crippen LogP contribution in [0.4, 0.5) is 10.3 Å². The molecule has 2 aromatic rings. The Balaban J connectivity index is 1.60. The Morgan fingerprint density at radius 1 is 1.21 bits per heavy atom. The highest BCUT2D eigenvalue weighted by Gasteiger charge is 2.28. The summed E-state index contributed by atoms with van der Waals surface area (Å²) in [6.45, 7) is 9.25. The number of hydrogen-bond acceptors (Lipinski definition) is 8. The lowest BCUT2D eigenvalue weighted by Gasteiger charge is -2.30. The van der Waals surface area contributed by atoms with Crippen LogP contribution in [0.15, 0.2) is 28.8 Å². The van der Waals surface area contributed by atoms with Crippen LogP contribution in [-0.4, -0.2) is 86.1 Å². The molecule has 0 unspecified atom stereocenters. The van der Waals surface area contributed by atoms with E-state index >= 15 is 0 Å². The minimum atomic E-state index is -0.634. The molecule has 34 heavy (non-hydrogen) atoms. The highest BCUT2D eigenvalue weighted by molar-refractivity contribution is 5.68. The van der Waals surface area contributed by atoms with E-state index in [4.69, 9.17) is 18.7 Å². The minimum Gasteiger partial charge on any atom is -0.389 e. The van der Waals surface area contributed by atoms with E-state index in [2.05, 4.69) is 15.0 Å². The molecule has 3 heterocycles. The van der Waals surface area contributed by atoms with E-state index in [1.165, 1.54) is 12.1 Å². The van der Waals surface area contributed by atoms with Gasteiger partial charge < -0.3 is 28.7 Å². The highest BCUT2D eigenvalue weighted by Crippen LogP contribution is 2.33. The van der Waals surface area contributed by atoms with E-state index in [0.29, 0.717) is 57.5 Å². The molecule has 8 nitrogen and oxygen atoms in total. The molecule has 2 saturated heterocycles. The molecule has 2 aliphatic heterocycles. The van der Waals surface area contributed by atoms with Crippen molar-refractivity contribution in [2.75, 3.05) is 57.5 Å². The molecule has 0 saturated carbocycles. The molecule has 0 radical (unpaired) electrons. The molecule has 1 aromatic carbocycles. The predicted molar refractivity (Wildman–Crippen MR) is 126 cm³/mol. The first-order valence-electron chi connectivity index (χ1n) is 12.2. The summed E-state index contributed by atoms with van der Waals surface area (Å²) in [5.41, 5.74) is 2.40. The number of morpholine rings is 1. The summed E-state index contributed by atoms with van der Waals surface area (Å²) in [4.78, 5) is 4.33. The third kappa shape index (κ3) is 6.76. The molecule has 4 rings (SSSR count). The molecule has 2 atom stereocenters. The molecular formula is C25H36FN3O5. The summed E-state index contributed by atoms with van der Waals surface area (Å²) in [5.74, 6) is 0.406. The summed E-state index contributed by atoms with van der Waals surface area (Å²) in [6.07, 6.45) is 1.59. The van der Waals surface area contributed by atoms with Gasteiger partial charge in [0.1, 0.15) is 11.5 Å². The molecule has 0 spiro atoms. The van der Waals surface area contributed by atoms with Crippen molar-refractivity contribution in [1.82, 2.24) is 10.1 Å². The van der Waals surface area contributed by atoms with Crippen LogP contribution < -0.4 is 4.90 Å². The van der Waals surface area contributed by atoms with Gasteiger partial charge in [-0.25, -0.2) is 4.39 Å². The average Bonchev–Trinajstić information content (AvgIpc) is 3.49. The summed E-state index contributed by atoms with van der Waals surface area (Å²) in [5, 5.41) is 15.1. The van der Waals surface area contributed by atoms with Gasteiger partial charge in [-0.1, -0.05) is 5.16 Å². The van der Waals surface area contributed by atoms with Crippen LogP contribution in [-0.2, 0) is 20.8 Å². The molecule has 9 heteroatoms. The zero-order valence-corrected chi connectivity index (χ0v) is 20.1. The van der Waals surface area contributed by atoms with Gasteiger partial charge in [0.15, 0.2) is 0 Å². The fourth-order valence-corrected chi connectivity index (χ4v) is 4.45. The number of aromatic nitrogens is 1. The quantitative estimate of drug-likeness (QED) is 0.529. The molecule has 1 aromatic heterocycles. The van der Waals surface area contributed by atoms with E-state index in [9.17, 15) is 9.50 Å². The molecule has 2 aliphatic rings. The number of halogens is 1. The lowest BCUT2D eigenvalue weighted by Crippen LogP contribution is -2.40. The van der Waals surface area contributed by atoms with Crippen molar-refractivity contribution < 1.29 is 28.2 Å². The van der Waals surface area contributed by atoms with Crippen molar-refractivity contribution in [3.8, 4) is 11.3 Å². The van der Waals surface area contributed by atoms with Gasteiger partial charge in [0, 0.05) is 44.9 Å². The summed E-state index contributed by atoms with van der Waals surface area (Å²) < 4.78 is 36.5. The first-order chi connectivity index (χ1) is 16.5. The van der Waals surface area contributed by atoms with Crippen molar-refractivity contribution in [2.24, 2.45) is 0 Å². The monoisotopic (exact) mass is 477 g/mol. The molecule has 1 N–H and O–H groups in total. The van der Waals surface area contributed by atoms with Gasteiger partial charge in [0.2, 0.25) is 5.88 Å². The number of benzene rings is 1. The van der Waals surface area contributed by atoms with Gasteiger partial charge in [-0.05, 0) is 51.0 Å². The summed E-state index contributed by atoms with van der Waals surface area (Å²) in [6, 6.07) is 6.30. The van der Waals surface area contributed by atoms with Gasteiger partial charge in [-0.15, -0.1) is 0 Å². The van der Waals surface area contributed by atoms with E-state index in [1.807, 2.05) is 13.8 Å². The standard InChI is InChI=1S/C25H36FN3O5/c1-18(2)33-17-21(30)14-28(15-22-4-3-11-32-22)16-23-24(19-5-7-20(26)8-6-19)27-34-25(23)29-9-12-31-13-10-29/h5-8,18,21-22,30H,3-4,9-17H2,1-2H3/t21-,22-/m1/s1. The molecule has 0 bridgehead atoms. The largest absolute Gasteiger partial charge is 0.389 e. The van der Waals surface area contributed by atoms with Gasteiger partial charge in [0.05, 0.1) is 43.7 Å². The molecule has 2 fully saturated rings. The van der Waals surface area contributed by atoms with E-state index in [-0.39, 0.29) is 24.6 Å². The Labute approximate surface area is 200 Å². The number of aliphatic hydroxyl groups is 1. The van der Waals surface area contributed by atoms with E-state index in [1.54, 1.807) is 12.1 Å². The van der Waals surface area contributed by atoms with Crippen LogP contribution in [0.25, 0.3) is 11.3 Å². The van der Waals surface area contributed by atoms with Crippen LogP contribution in [0, 0.1) is 5.82 Å². The number of anilines is 1. The van der Waals surface area contributed by atoms with Crippen molar-refractivity contribution in [1.29, 1.82) is 0 Å².